The number of urea groups is 1. The quantitative estimate of drug-likeness (QED) is 0.803. The summed E-state index contributed by atoms with van der Waals surface area (Å²) in [4.78, 5) is 27.4. The second-order valence-electron chi connectivity index (χ2n) is 4.62. The van der Waals surface area contributed by atoms with Crippen molar-refractivity contribution >= 4 is 17.7 Å². The van der Waals surface area contributed by atoms with Gasteiger partial charge in [0, 0.05) is 6.20 Å². The van der Waals surface area contributed by atoms with Crippen molar-refractivity contribution in [1.29, 1.82) is 0 Å². The molecule has 0 aliphatic carbocycles. The zero-order valence-electron chi connectivity index (χ0n) is 11.4. The van der Waals surface area contributed by atoms with Crippen LogP contribution in [0.2, 0.25) is 0 Å². The summed E-state index contributed by atoms with van der Waals surface area (Å²) in [6.07, 6.45) is 3.05. The highest BCUT2D eigenvalue weighted by molar-refractivity contribution is 5.94. The Bertz CT molecular complexity index is 631. The number of rotatable bonds is 4. The Kier molecular flexibility index (Phi) is 4.18. The lowest BCUT2D eigenvalue weighted by atomic mass is 9.92. The summed E-state index contributed by atoms with van der Waals surface area (Å²) in [6, 6.07) is 11.2. The lowest BCUT2D eigenvalue weighted by Crippen LogP contribution is -2.51. The molecule has 1 heterocycles. The number of carbonyl (C=O) groups excluding carboxylic acids is 1. The normalized spacial score (nSPS) is 13.0. The van der Waals surface area contributed by atoms with Gasteiger partial charge in [0.05, 0.1) is 11.9 Å². The summed E-state index contributed by atoms with van der Waals surface area (Å²) >= 11 is 0. The fourth-order valence-corrected chi connectivity index (χ4v) is 1.85. The molecule has 0 spiro atoms. The lowest BCUT2D eigenvalue weighted by molar-refractivity contribution is -0.144. The standard InChI is InChI=1S/C15H15N3O3/c1-15(13(19)20,11-6-3-2-4-7-11)18-14(21)17-12-8-5-9-16-10-12/h2-10H,1H3,(H,19,20)(H2,17,18,21). The van der Waals surface area contributed by atoms with E-state index in [9.17, 15) is 14.7 Å². The lowest BCUT2D eigenvalue weighted by Gasteiger charge is -2.26. The van der Waals surface area contributed by atoms with E-state index in [1.807, 2.05) is 0 Å². The molecule has 0 fully saturated rings. The number of nitrogens with zero attached hydrogens (tertiary/aromatic N) is 1. The second kappa shape index (κ2) is 6.04. The van der Waals surface area contributed by atoms with Crippen molar-refractivity contribution in [3.63, 3.8) is 0 Å². The van der Waals surface area contributed by atoms with Crippen molar-refractivity contribution in [3.05, 3.63) is 60.4 Å². The van der Waals surface area contributed by atoms with Crippen molar-refractivity contribution in [2.75, 3.05) is 5.32 Å². The van der Waals surface area contributed by atoms with Gasteiger partial charge in [-0.05, 0) is 24.6 Å². The average molecular weight is 285 g/mol. The van der Waals surface area contributed by atoms with E-state index in [1.165, 1.54) is 13.1 Å². The summed E-state index contributed by atoms with van der Waals surface area (Å²) in [5.41, 5.74) is -0.553. The molecule has 2 rings (SSSR count). The SMILES string of the molecule is CC(NC(=O)Nc1cccnc1)(C(=O)O)c1ccccc1. The minimum atomic E-state index is -1.52. The van der Waals surface area contributed by atoms with Crippen LogP contribution in [-0.4, -0.2) is 22.1 Å². The van der Waals surface area contributed by atoms with Crippen molar-refractivity contribution < 1.29 is 14.7 Å². The van der Waals surface area contributed by atoms with Crippen LogP contribution in [0.1, 0.15) is 12.5 Å². The Morgan fingerprint density at radius 2 is 1.86 bits per heavy atom. The predicted molar refractivity (Wildman–Crippen MR) is 77.8 cm³/mol. The number of hydrogen-bond acceptors (Lipinski definition) is 3. The molecule has 1 unspecified atom stereocenters. The first kappa shape index (κ1) is 14.5. The molecule has 1 aromatic carbocycles. The maximum atomic E-state index is 12.0. The third kappa shape index (κ3) is 3.36. The molecule has 0 aliphatic heterocycles. The monoisotopic (exact) mass is 285 g/mol. The molecule has 6 nitrogen and oxygen atoms in total. The Morgan fingerprint density at radius 3 is 2.43 bits per heavy atom. The number of aromatic nitrogens is 1. The molecular formula is C15H15N3O3. The number of aliphatic carboxylic acids is 1. The summed E-state index contributed by atoms with van der Waals surface area (Å²) in [7, 11) is 0. The van der Waals surface area contributed by atoms with Gasteiger partial charge in [-0.15, -0.1) is 0 Å². The molecule has 108 valence electrons. The molecular weight excluding hydrogens is 270 g/mol. The van der Waals surface area contributed by atoms with Crippen LogP contribution in [0, 0.1) is 0 Å². The van der Waals surface area contributed by atoms with E-state index in [-0.39, 0.29) is 0 Å². The molecule has 6 heteroatoms. The average Bonchev–Trinajstić information content (AvgIpc) is 2.48. The Labute approximate surface area is 121 Å². The molecule has 1 atom stereocenters. The molecule has 1 aromatic heterocycles. The first-order valence-corrected chi connectivity index (χ1v) is 6.30. The van der Waals surface area contributed by atoms with Gasteiger partial charge in [-0.1, -0.05) is 30.3 Å². The van der Waals surface area contributed by atoms with E-state index in [0.29, 0.717) is 11.3 Å². The maximum absolute atomic E-state index is 12.0. The van der Waals surface area contributed by atoms with Crippen LogP contribution in [0.25, 0.3) is 0 Å². The molecule has 0 saturated carbocycles. The number of carbonyl (C=O) groups is 2. The molecule has 3 N–H and O–H groups in total. The highest BCUT2D eigenvalue weighted by Crippen LogP contribution is 2.21. The van der Waals surface area contributed by atoms with Gasteiger partial charge >= 0.3 is 12.0 Å². The van der Waals surface area contributed by atoms with Gasteiger partial charge in [-0.2, -0.15) is 0 Å². The van der Waals surface area contributed by atoms with E-state index in [1.54, 1.807) is 48.7 Å². The van der Waals surface area contributed by atoms with Crippen LogP contribution in [-0.2, 0) is 10.3 Å². The third-order valence-corrected chi connectivity index (χ3v) is 3.06. The summed E-state index contributed by atoms with van der Waals surface area (Å²) in [6.45, 7) is 1.44. The van der Waals surface area contributed by atoms with Crippen molar-refractivity contribution in [2.45, 2.75) is 12.5 Å². The van der Waals surface area contributed by atoms with Crippen LogP contribution >= 0.6 is 0 Å². The molecule has 2 amide bonds. The van der Waals surface area contributed by atoms with Gasteiger partial charge < -0.3 is 15.7 Å². The number of benzene rings is 1. The van der Waals surface area contributed by atoms with Crippen molar-refractivity contribution in [1.82, 2.24) is 10.3 Å². The number of amides is 2. The molecule has 21 heavy (non-hydrogen) atoms. The number of pyridine rings is 1. The molecule has 2 aromatic rings. The largest absolute Gasteiger partial charge is 0.479 e. The molecule has 0 radical (unpaired) electrons. The van der Waals surface area contributed by atoms with Gasteiger partial charge in [-0.25, -0.2) is 9.59 Å². The molecule has 0 bridgehead atoms. The fourth-order valence-electron chi connectivity index (χ4n) is 1.85. The fraction of sp³-hybridized carbons (Fsp3) is 0.133. The zero-order chi connectivity index (χ0) is 15.3. The van der Waals surface area contributed by atoms with E-state index < -0.39 is 17.5 Å². The highest BCUT2D eigenvalue weighted by atomic mass is 16.4. The topological polar surface area (TPSA) is 91.3 Å². The minimum absolute atomic E-state index is 0.482. The first-order valence-electron chi connectivity index (χ1n) is 6.30. The smallest absolute Gasteiger partial charge is 0.333 e. The number of nitrogens with one attached hydrogen (secondary N) is 2. The van der Waals surface area contributed by atoms with Gasteiger partial charge in [0.2, 0.25) is 0 Å². The van der Waals surface area contributed by atoms with Crippen LogP contribution < -0.4 is 10.6 Å². The second-order valence-corrected chi connectivity index (χ2v) is 4.62. The Morgan fingerprint density at radius 1 is 1.14 bits per heavy atom. The van der Waals surface area contributed by atoms with Crippen molar-refractivity contribution in [3.8, 4) is 0 Å². The highest BCUT2D eigenvalue weighted by Gasteiger charge is 2.36. The van der Waals surface area contributed by atoms with Crippen molar-refractivity contribution in [2.24, 2.45) is 0 Å². The first-order chi connectivity index (χ1) is 10.0. The van der Waals surface area contributed by atoms with Crippen LogP contribution in [0.15, 0.2) is 54.9 Å². The minimum Gasteiger partial charge on any atom is -0.479 e. The van der Waals surface area contributed by atoms with E-state index in [4.69, 9.17) is 0 Å². The summed E-state index contributed by atoms with van der Waals surface area (Å²) in [5.74, 6) is -1.14. The molecule has 0 saturated heterocycles. The van der Waals surface area contributed by atoms with Gasteiger partial charge in [-0.3, -0.25) is 4.98 Å². The van der Waals surface area contributed by atoms with E-state index in [2.05, 4.69) is 15.6 Å². The van der Waals surface area contributed by atoms with E-state index in [0.717, 1.165) is 0 Å². The van der Waals surface area contributed by atoms with E-state index >= 15 is 0 Å². The summed E-state index contributed by atoms with van der Waals surface area (Å²) < 4.78 is 0. The predicted octanol–water partition coefficient (Wildman–Crippen LogP) is 2.20. The third-order valence-electron chi connectivity index (χ3n) is 3.06. The Hall–Kier alpha value is -2.89. The number of carboxylic acid groups (broad SMARTS) is 1. The van der Waals surface area contributed by atoms with Crippen LogP contribution in [0.4, 0.5) is 10.5 Å². The maximum Gasteiger partial charge on any atom is 0.333 e. The summed E-state index contributed by atoms with van der Waals surface area (Å²) in [5, 5.41) is 14.5. The van der Waals surface area contributed by atoms with Gasteiger partial charge in [0.1, 0.15) is 0 Å². The zero-order valence-corrected chi connectivity index (χ0v) is 11.4. The van der Waals surface area contributed by atoms with Gasteiger partial charge in [0.15, 0.2) is 5.54 Å². The van der Waals surface area contributed by atoms with Crippen LogP contribution in [0.3, 0.4) is 0 Å². The Balaban J connectivity index is 2.17. The number of anilines is 1. The molecule has 0 aliphatic rings. The number of hydrogen-bond donors (Lipinski definition) is 3. The van der Waals surface area contributed by atoms with Gasteiger partial charge in [0.25, 0.3) is 0 Å². The number of carboxylic acids is 1. The van der Waals surface area contributed by atoms with Crippen LogP contribution in [0.5, 0.6) is 0 Å².